The zero-order valence-electron chi connectivity index (χ0n) is 26.9. The van der Waals surface area contributed by atoms with Crippen LogP contribution in [0.15, 0.2) is 12.2 Å². The summed E-state index contributed by atoms with van der Waals surface area (Å²) in [4.78, 5) is 34.5. The Balaban J connectivity index is 4.44. The summed E-state index contributed by atoms with van der Waals surface area (Å²) in [5.41, 5.74) is 0. The van der Waals surface area contributed by atoms with Crippen LogP contribution in [-0.2, 0) is 32.7 Å². The van der Waals surface area contributed by atoms with E-state index in [1.165, 1.54) is 57.8 Å². The van der Waals surface area contributed by atoms with Crippen molar-refractivity contribution in [3.05, 3.63) is 12.2 Å². The number of ether oxygens (including phenoxy) is 2. The molecule has 3 N–H and O–H groups in total. The first-order valence-electron chi connectivity index (χ1n) is 16.6. The molecule has 0 aliphatic heterocycles. The first-order chi connectivity index (χ1) is 20.7. The van der Waals surface area contributed by atoms with Crippen LogP contribution in [0.5, 0.6) is 0 Å². The number of carbonyl (C=O) groups is 2. The van der Waals surface area contributed by atoms with Gasteiger partial charge in [0.25, 0.3) is 0 Å². The predicted molar refractivity (Wildman–Crippen MR) is 168 cm³/mol. The van der Waals surface area contributed by atoms with E-state index in [-0.39, 0.29) is 19.4 Å². The van der Waals surface area contributed by atoms with Gasteiger partial charge in [-0.25, -0.2) is 4.57 Å². The third-order valence-electron chi connectivity index (χ3n) is 7.01. The summed E-state index contributed by atoms with van der Waals surface area (Å²) in [7, 11) is -4.60. The molecule has 0 heterocycles. The van der Waals surface area contributed by atoms with Gasteiger partial charge in [0.1, 0.15) is 12.7 Å². The van der Waals surface area contributed by atoms with Crippen LogP contribution in [0.1, 0.15) is 142 Å². The Morgan fingerprint density at radius 3 is 1.74 bits per heavy atom. The normalized spacial score (nSPS) is 14.4. The van der Waals surface area contributed by atoms with Crippen LogP contribution < -0.4 is 0 Å². The molecule has 0 aromatic heterocycles. The number of phosphoric ester groups is 1. The molecule has 11 heteroatoms. The third kappa shape index (κ3) is 29.2. The number of phosphoric acid groups is 1. The van der Waals surface area contributed by atoms with Crippen molar-refractivity contribution in [3.63, 3.8) is 0 Å². The monoisotopic (exact) mass is 636 g/mol. The molecule has 0 bridgehead atoms. The second-order valence-corrected chi connectivity index (χ2v) is 12.7. The van der Waals surface area contributed by atoms with Crippen molar-refractivity contribution >= 4 is 19.8 Å². The van der Waals surface area contributed by atoms with Gasteiger partial charge in [-0.3, -0.25) is 18.6 Å². The van der Waals surface area contributed by atoms with Gasteiger partial charge in [-0.05, 0) is 32.6 Å². The minimum absolute atomic E-state index is 0.187. The van der Waals surface area contributed by atoms with Crippen LogP contribution in [0, 0.1) is 0 Å². The highest BCUT2D eigenvalue weighted by molar-refractivity contribution is 7.47. The predicted octanol–water partition coefficient (Wildman–Crippen LogP) is 7.33. The fraction of sp³-hybridized carbons (Fsp3) is 0.875. The maximum atomic E-state index is 12.4. The van der Waals surface area contributed by atoms with Gasteiger partial charge in [0, 0.05) is 12.8 Å². The summed E-state index contributed by atoms with van der Waals surface area (Å²) in [6, 6.07) is 0. The van der Waals surface area contributed by atoms with Gasteiger partial charge in [0.05, 0.1) is 19.8 Å². The number of aliphatic hydroxyl groups excluding tert-OH is 2. The van der Waals surface area contributed by atoms with Crippen molar-refractivity contribution in [3.8, 4) is 0 Å². The highest BCUT2D eigenvalue weighted by Gasteiger charge is 2.27. The van der Waals surface area contributed by atoms with Gasteiger partial charge in [0.15, 0.2) is 6.10 Å². The van der Waals surface area contributed by atoms with Gasteiger partial charge in [-0.1, -0.05) is 109 Å². The average Bonchev–Trinajstić information content (AvgIpc) is 2.99. The molecule has 0 aliphatic carbocycles. The van der Waals surface area contributed by atoms with Crippen LogP contribution >= 0.6 is 7.82 Å². The molecule has 0 saturated heterocycles. The van der Waals surface area contributed by atoms with Crippen LogP contribution in [0.2, 0.25) is 0 Å². The van der Waals surface area contributed by atoms with Gasteiger partial charge >= 0.3 is 19.8 Å². The number of aliphatic hydroxyl groups is 2. The average molecular weight is 637 g/mol. The number of allylic oxidation sites excluding steroid dienone is 2. The number of esters is 2. The highest BCUT2D eigenvalue weighted by atomic mass is 31.2. The van der Waals surface area contributed by atoms with E-state index in [2.05, 4.69) is 23.6 Å². The molecule has 0 rings (SSSR count). The van der Waals surface area contributed by atoms with Crippen LogP contribution in [0.25, 0.3) is 0 Å². The van der Waals surface area contributed by atoms with E-state index in [9.17, 15) is 24.2 Å². The molecule has 1 unspecified atom stereocenters. The van der Waals surface area contributed by atoms with Crippen LogP contribution in [0.4, 0.5) is 0 Å². The Labute approximate surface area is 260 Å². The minimum atomic E-state index is -4.60. The number of hydrogen-bond acceptors (Lipinski definition) is 9. The van der Waals surface area contributed by atoms with Crippen molar-refractivity contribution in [1.82, 2.24) is 0 Å². The summed E-state index contributed by atoms with van der Waals surface area (Å²) in [6.07, 6.45) is 22.1. The molecular formula is C32H61O10P. The maximum absolute atomic E-state index is 12.4. The van der Waals surface area contributed by atoms with E-state index in [0.717, 1.165) is 44.9 Å². The third-order valence-corrected chi connectivity index (χ3v) is 7.97. The first kappa shape index (κ1) is 41.7. The summed E-state index contributed by atoms with van der Waals surface area (Å²) in [5.74, 6) is -0.934. The second kappa shape index (κ2) is 29.4. The fourth-order valence-corrected chi connectivity index (χ4v) is 5.20. The Morgan fingerprint density at radius 1 is 0.721 bits per heavy atom. The lowest BCUT2D eigenvalue weighted by Crippen LogP contribution is -2.29. The smallest absolute Gasteiger partial charge is 0.462 e. The zero-order chi connectivity index (χ0) is 32.0. The number of hydrogen-bond donors (Lipinski definition) is 3. The second-order valence-electron chi connectivity index (χ2n) is 11.2. The molecule has 0 aliphatic rings. The van der Waals surface area contributed by atoms with E-state index in [0.29, 0.717) is 12.8 Å². The van der Waals surface area contributed by atoms with Crippen molar-refractivity contribution in [2.75, 3.05) is 26.4 Å². The van der Waals surface area contributed by atoms with Crippen LogP contribution in [0.3, 0.4) is 0 Å². The summed E-state index contributed by atoms with van der Waals surface area (Å²) < 4.78 is 32.4. The quantitative estimate of drug-likeness (QED) is 0.0306. The largest absolute Gasteiger partial charge is 0.472 e. The Hall–Kier alpha value is -1.29. The SMILES string of the molecule is C/C=C\CCCCCCCCCC(=O)OC[C@H](COP(=O)(O)OC[C@@H](O)CO)OC(=O)CCCCCCCCCCCC. The number of unbranched alkanes of at least 4 members (excludes halogenated alkanes) is 16. The fourth-order valence-electron chi connectivity index (χ4n) is 4.41. The van der Waals surface area contributed by atoms with E-state index in [1.807, 2.05) is 6.92 Å². The van der Waals surface area contributed by atoms with E-state index in [4.69, 9.17) is 19.1 Å². The lowest BCUT2D eigenvalue weighted by Gasteiger charge is -2.20. The molecule has 0 spiro atoms. The van der Waals surface area contributed by atoms with E-state index >= 15 is 0 Å². The molecule has 43 heavy (non-hydrogen) atoms. The van der Waals surface area contributed by atoms with Crippen molar-refractivity contribution < 1.29 is 47.8 Å². The van der Waals surface area contributed by atoms with E-state index in [1.54, 1.807) is 0 Å². The van der Waals surface area contributed by atoms with Crippen molar-refractivity contribution in [2.24, 2.45) is 0 Å². The number of carbonyl (C=O) groups excluding carboxylic acids is 2. The molecule has 0 amide bonds. The topological polar surface area (TPSA) is 149 Å². The Bertz CT molecular complexity index is 746. The molecule has 0 radical (unpaired) electrons. The van der Waals surface area contributed by atoms with Gasteiger partial charge in [0.2, 0.25) is 0 Å². The van der Waals surface area contributed by atoms with E-state index < -0.39 is 51.8 Å². The molecular weight excluding hydrogens is 575 g/mol. The minimum Gasteiger partial charge on any atom is -0.462 e. The summed E-state index contributed by atoms with van der Waals surface area (Å²) >= 11 is 0. The summed E-state index contributed by atoms with van der Waals surface area (Å²) in [5, 5.41) is 18.2. The molecule has 254 valence electrons. The maximum Gasteiger partial charge on any atom is 0.472 e. The van der Waals surface area contributed by atoms with Gasteiger partial charge < -0.3 is 24.6 Å². The van der Waals surface area contributed by atoms with Gasteiger partial charge in [-0.15, -0.1) is 0 Å². The van der Waals surface area contributed by atoms with Crippen LogP contribution in [-0.4, -0.2) is 65.7 Å². The first-order valence-corrected chi connectivity index (χ1v) is 18.1. The molecule has 0 aromatic rings. The Morgan fingerprint density at radius 2 is 1.21 bits per heavy atom. The summed E-state index contributed by atoms with van der Waals surface area (Å²) in [6.45, 7) is 2.13. The van der Waals surface area contributed by atoms with Crippen molar-refractivity contribution in [1.29, 1.82) is 0 Å². The molecule has 0 fully saturated rings. The lowest BCUT2D eigenvalue weighted by molar-refractivity contribution is -0.161. The standard InChI is InChI=1S/C32H61O10P/c1-3-5-7-9-11-13-15-17-19-21-23-31(35)39-27-30(28-41-43(37,38)40-26-29(34)25-33)42-32(36)24-22-20-18-16-14-12-10-8-6-4-2/h3,5,29-30,33-34H,4,6-28H2,1-2H3,(H,37,38)/b5-3-/t29-,30+/m0/s1. The molecule has 3 atom stereocenters. The Kier molecular flexibility index (Phi) is 28.5. The van der Waals surface area contributed by atoms with Crippen molar-refractivity contribution in [2.45, 2.75) is 154 Å². The molecule has 0 aromatic carbocycles. The lowest BCUT2D eigenvalue weighted by atomic mass is 10.1. The highest BCUT2D eigenvalue weighted by Crippen LogP contribution is 2.43. The molecule has 0 saturated carbocycles. The van der Waals surface area contributed by atoms with Gasteiger partial charge in [-0.2, -0.15) is 0 Å². The zero-order valence-corrected chi connectivity index (χ0v) is 27.8. The number of rotatable bonds is 31. The molecule has 10 nitrogen and oxygen atoms in total.